The average molecular weight is 450 g/mol. The van der Waals surface area contributed by atoms with Crippen molar-refractivity contribution in [1.29, 1.82) is 0 Å². The maximum atomic E-state index is 13.2. The lowest BCUT2D eigenvalue weighted by Gasteiger charge is -2.21. The zero-order chi connectivity index (χ0) is 23.6. The number of ether oxygens (including phenoxy) is 4. The second-order valence-electron chi connectivity index (χ2n) is 8.30. The van der Waals surface area contributed by atoms with E-state index in [1.54, 1.807) is 27.2 Å². The molecule has 0 unspecified atom stereocenters. The lowest BCUT2D eigenvalue weighted by atomic mass is 10.00. The fourth-order valence-electron chi connectivity index (χ4n) is 3.71. The van der Waals surface area contributed by atoms with Crippen molar-refractivity contribution >= 4 is 22.6 Å². The van der Waals surface area contributed by atoms with Gasteiger partial charge in [-0.3, -0.25) is 4.79 Å². The van der Waals surface area contributed by atoms with Crippen LogP contribution in [0.4, 0.5) is 0 Å². The van der Waals surface area contributed by atoms with E-state index in [9.17, 15) is 9.59 Å². The van der Waals surface area contributed by atoms with Crippen molar-refractivity contribution in [1.82, 2.24) is 5.32 Å². The monoisotopic (exact) mass is 449 g/mol. The summed E-state index contributed by atoms with van der Waals surface area (Å²) >= 11 is 0. The number of carbonyl (C=O) groups excluding carboxylic acids is 2. The van der Waals surface area contributed by atoms with Crippen LogP contribution in [-0.4, -0.2) is 44.4 Å². The predicted octanol–water partition coefficient (Wildman–Crippen LogP) is 3.80. The Hall–Kier alpha value is -3.58. The van der Waals surface area contributed by atoms with Crippen molar-refractivity contribution in [2.75, 3.05) is 20.8 Å². The van der Waals surface area contributed by atoms with Crippen LogP contribution in [0.3, 0.4) is 0 Å². The minimum atomic E-state index is -1.09. The van der Waals surface area contributed by atoms with Gasteiger partial charge in [0.25, 0.3) is 5.91 Å². The quantitative estimate of drug-likeness (QED) is 0.416. The molecule has 1 amide bonds. The molecule has 0 bridgehead atoms. The van der Waals surface area contributed by atoms with Gasteiger partial charge in [0.2, 0.25) is 6.10 Å². The van der Waals surface area contributed by atoms with Crippen molar-refractivity contribution in [2.45, 2.75) is 32.1 Å². The Morgan fingerprint density at radius 3 is 2.36 bits per heavy atom. The van der Waals surface area contributed by atoms with Crippen LogP contribution in [0.15, 0.2) is 54.6 Å². The van der Waals surface area contributed by atoms with Crippen LogP contribution in [-0.2, 0) is 20.8 Å². The molecule has 3 aromatic rings. The number of amides is 1. The maximum Gasteiger partial charge on any atom is 0.339 e. The standard InChI is InChI=1S/C26H27NO6/c1-16-6-5-7-20-21(16)12-19(31-4)13-22(20)25(29)33-23(26(2)15-32-26)24(28)27-14-17-8-10-18(30-3)11-9-17/h5-13,23H,14-15H2,1-4H3,(H,27,28)/t23-,26+/m1/s1. The summed E-state index contributed by atoms with van der Waals surface area (Å²) in [5.41, 5.74) is 1.38. The lowest BCUT2D eigenvalue weighted by Crippen LogP contribution is -2.45. The number of rotatable bonds is 8. The first kappa shape index (κ1) is 22.6. The van der Waals surface area contributed by atoms with Gasteiger partial charge in [0.05, 0.1) is 26.4 Å². The highest BCUT2D eigenvalue weighted by molar-refractivity contribution is 6.06. The molecule has 0 aromatic heterocycles. The molecule has 1 aliphatic rings. The van der Waals surface area contributed by atoms with E-state index in [2.05, 4.69) is 5.32 Å². The van der Waals surface area contributed by atoms with Gasteiger partial charge in [-0.2, -0.15) is 0 Å². The number of hydrogen-bond donors (Lipinski definition) is 1. The summed E-state index contributed by atoms with van der Waals surface area (Å²) in [6, 6.07) is 16.6. The van der Waals surface area contributed by atoms with E-state index in [-0.39, 0.29) is 6.54 Å². The highest BCUT2D eigenvalue weighted by Crippen LogP contribution is 2.34. The third-order valence-electron chi connectivity index (χ3n) is 5.89. The summed E-state index contributed by atoms with van der Waals surface area (Å²) in [6.45, 7) is 4.34. The Bertz CT molecular complexity index is 1180. The highest BCUT2D eigenvalue weighted by atomic mass is 16.6. The number of methoxy groups -OCH3 is 2. The number of benzene rings is 3. The third kappa shape index (κ3) is 4.78. The second-order valence-corrected chi connectivity index (χ2v) is 8.30. The van der Waals surface area contributed by atoms with Crippen LogP contribution in [0.1, 0.15) is 28.4 Å². The minimum absolute atomic E-state index is 0.286. The van der Waals surface area contributed by atoms with Gasteiger partial charge in [-0.25, -0.2) is 4.79 Å². The Morgan fingerprint density at radius 2 is 1.73 bits per heavy atom. The summed E-state index contributed by atoms with van der Waals surface area (Å²) in [6.07, 6.45) is -1.09. The van der Waals surface area contributed by atoms with Gasteiger partial charge in [0.1, 0.15) is 17.1 Å². The molecule has 0 aliphatic carbocycles. The molecular weight excluding hydrogens is 422 g/mol. The van der Waals surface area contributed by atoms with Crippen LogP contribution < -0.4 is 14.8 Å². The zero-order valence-electron chi connectivity index (χ0n) is 19.1. The molecule has 1 fully saturated rings. The van der Waals surface area contributed by atoms with Gasteiger partial charge in [-0.15, -0.1) is 0 Å². The first-order valence-electron chi connectivity index (χ1n) is 10.7. The summed E-state index contributed by atoms with van der Waals surface area (Å²) in [4.78, 5) is 26.3. The smallest absolute Gasteiger partial charge is 0.339 e. The Labute approximate surface area is 192 Å². The van der Waals surface area contributed by atoms with Gasteiger partial charge in [-0.1, -0.05) is 30.3 Å². The molecule has 1 heterocycles. The van der Waals surface area contributed by atoms with Crippen molar-refractivity contribution in [3.05, 3.63) is 71.3 Å². The Morgan fingerprint density at radius 1 is 1.03 bits per heavy atom. The maximum absolute atomic E-state index is 13.2. The van der Waals surface area contributed by atoms with Crippen LogP contribution >= 0.6 is 0 Å². The fourth-order valence-corrected chi connectivity index (χ4v) is 3.71. The summed E-state index contributed by atoms with van der Waals surface area (Å²) in [7, 11) is 3.14. The number of carbonyl (C=O) groups is 2. The SMILES string of the molecule is COc1ccc(CNC(=O)[C@@H](OC(=O)c2cc(OC)cc3c(C)cccc23)[C@]2(C)CO2)cc1. The van der Waals surface area contributed by atoms with E-state index >= 15 is 0 Å². The number of epoxide rings is 1. The van der Waals surface area contributed by atoms with E-state index in [4.69, 9.17) is 18.9 Å². The normalized spacial score (nSPS) is 17.8. The fraction of sp³-hybridized carbons (Fsp3) is 0.308. The molecule has 7 nitrogen and oxygen atoms in total. The highest BCUT2D eigenvalue weighted by Gasteiger charge is 2.53. The molecule has 0 saturated carbocycles. The molecule has 1 saturated heterocycles. The van der Waals surface area contributed by atoms with Gasteiger partial charge in [0, 0.05) is 6.54 Å². The molecule has 3 aromatic carbocycles. The predicted molar refractivity (Wildman–Crippen MR) is 124 cm³/mol. The molecule has 1 aliphatic heterocycles. The van der Waals surface area contributed by atoms with Gasteiger partial charge in [0.15, 0.2) is 0 Å². The zero-order valence-corrected chi connectivity index (χ0v) is 19.1. The van der Waals surface area contributed by atoms with Crippen molar-refractivity contribution in [3.8, 4) is 11.5 Å². The van der Waals surface area contributed by atoms with E-state index < -0.39 is 23.6 Å². The van der Waals surface area contributed by atoms with E-state index in [1.807, 2.05) is 55.5 Å². The molecule has 4 rings (SSSR count). The minimum Gasteiger partial charge on any atom is -0.497 e. The van der Waals surface area contributed by atoms with Gasteiger partial charge < -0.3 is 24.3 Å². The van der Waals surface area contributed by atoms with Crippen molar-refractivity contribution < 1.29 is 28.5 Å². The molecular formula is C26H27NO6. The van der Waals surface area contributed by atoms with Gasteiger partial charge in [-0.05, 0) is 60.0 Å². The lowest BCUT2D eigenvalue weighted by molar-refractivity contribution is -0.133. The first-order valence-corrected chi connectivity index (χ1v) is 10.7. The summed E-state index contributed by atoms with van der Waals surface area (Å²) in [5, 5.41) is 4.47. The van der Waals surface area contributed by atoms with Crippen LogP contribution in [0.5, 0.6) is 11.5 Å². The molecule has 1 N–H and O–H groups in total. The van der Waals surface area contributed by atoms with Crippen molar-refractivity contribution in [2.24, 2.45) is 0 Å². The summed E-state index contributed by atoms with van der Waals surface area (Å²) in [5.74, 6) is 0.253. The third-order valence-corrected chi connectivity index (χ3v) is 5.89. The Balaban J connectivity index is 1.55. The average Bonchev–Trinajstić information content (AvgIpc) is 3.58. The van der Waals surface area contributed by atoms with Crippen LogP contribution in [0, 0.1) is 6.92 Å². The number of hydrogen-bond acceptors (Lipinski definition) is 6. The van der Waals surface area contributed by atoms with E-state index in [0.717, 1.165) is 27.6 Å². The molecule has 172 valence electrons. The second kappa shape index (κ2) is 9.11. The Kier molecular flexibility index (Phi) is 6.24. The molecule has 7 heteroatoms. The van der Waals surface area contributed by atoms with Crippen LogP contribution in [0.25, 0.3) is 10.8 Å². The molecule has 0 spiro atoms. The number of nitrogens with one attached hydrogen (secondary N) is 1. The molecule has 2 atom stereocenters. The van der Waals surface area contributed by atoms with Crippen LogP contribution in [0.2, 0.25) is 0 Å². The van der Waals surface area contributed by atoms with E-state index in [0.29, 0.717) is 17.9 Å². The first-order chi connectivity index (χ1) is 15.8. The number of aryl methyl sites for hydroxylation is 1. The summed E-state index contributed by atoms with van der Waals surface area (Å²) < 4.78 is 21.8. The number of fused-ring (bicyclic) bond motifs is 1. The topological polar surface area (TPSA) is 86.4 Å². The van der Waals surface area contributed by atoms with Crippen molar-refractivity contribution in [3.63, 3.8) is 0 Å². The molecule has 0 radical (unpaired) electrons. The van der Waals surface area contributed by atoms with Gasteiger partial charge >= 0.3 is 5.97 Å². The largest absolute Gasteiger partial charge is 0.497 e. The molecule has 33 heavy (non-hydrogen) atoms. The number of esters is 1. The van der Waals surface area contributed by atoms with E-state index in [1.165, 1.54) is 0 Å².